The molecule has 0 aliphatic carbocycles. The number of unbranched alkanes of at least 4 members (excludes halogenated alkanes) is 16. The molecule has 0 aromatic carbocycles. The fourth-order valence-electron chi connectivity index (χ4n) is 5.91. The van der Waals surface area contributed by atoms with Crippen LogP contribution in [0.15, 0.2) is 60.8 Å². The second kappa shape index (κ2) is 40.2. The lowest BCUT2D eigenvalue weighted by atomic mass is 10.0. The predicted molar refractivity (Wildman–Crippen MR) is 227 cm³/mol. The molecule has 0 aromatic rings. The first kappa shape index (κ1) is 51.5. The molecule has 0 rings (SSSR count). The van der Waals surface area contributed by atoms with E-state index in [4.69, 9.17) is 14.9 Å². The summed E-state index contributed by atoms with van der Waals surface area (Å²) in [5.74, 6) is -2.41. The Morgan fingerprint density at radius 2 is 1.09 bits per heavy atom. The lowest BCUT2D eigenvalue weighted by Crippen LogP contribution is -2.47. The number of aliphatic hydroxyl groups excluding tert-OH is 1. The standard InChI is InChI=1S/C46H78N2O7/c1-3-5-7-9-10-11-12-13-14-15-16-17-18-19-20-21-22-23-24-25-26-28-34-38-45(52)55-41(35-31-27-8-6-4-2)36-32-29-30-33-37-43(50)47-39-44(51)48-42(40-49)46(53)54/h5,7,10-11,13-14,16-17,31,35,41-42,49H,3-4,6,8-9,12,15,18-30,32-34,36-40H2,1-2H3,(H,47,50)(H,48,51)(H,53,54)/b7-5-,11-10-,14-13-,17-16-,35-31-. The molecule has 2 amide bonds. The monoisotopic (exact) mass is 771 g/mol. The molecule has 0 radical (unpaired) electrons. The van der Waals surface area contributed by atoms with Crippen LogP contribution in [0.3, 0.4) is 0 Å². The smallest absolute Gasteiger partial charge is 0.328 e. The molecule has 0 aromatic heterocycles. The van der Waals surface area contributed by atoms with E-state index in [2.05, 4.69) is 79.2 Å². The quantitative estimate of drug-likeness (QED) is 0.0278. The Balaban J connectivity index is 4.01. The number of allylic oxidation sites excluding steroid dienone is 9. The van der Waals surface area contributed by atoms with E-state index in [1.807, 2.05) is 6.08 Å². The van der Waals surface area contributed by atoms with Gasteiger partial charge >= 0.3 is 11.9 Å². The van der Waals surface area contributed by atoms with E-state index in [9.17, 15) is 19.2 Å². The van der Waals surface area contributed by atoms with Gasteiger partial charge in [0.1, 0.15) is 12.1 Å². The molecule has 9 nitrogen and oxygen atoms in total. The van der Waals surface area contributed by atoms with Crippen LogP contribution in [0.2, 0.25) is 0 Å². The van der Waals surface area contributed by atoms with Crippen molar-refractivity contribution in [1.82, 2.24) is 10.6 Å². The van der Waals surface area contributed by atoms with Crippen molar-refractivity contribution in [2.24, 2.45) is 0 Å². The first-order valence-electron chi connectivity index (χ1n) is 21.7. The van der Waals surface area contributed by atoms with Crippen LogP contribution in [0.1, 0.15) is 181 Å². The van der Waals surface area contributed by atoms with Gasteiger partial charge in [-0.15, -0.1) is 0 Å². The number of nitrogens with one attached hydrogen (secondary N) is 2. The summed E-state index contributed by atoms with van der Waals surface area (Å²) in [4.78, 5) is 47.4. The summed E-state index contributed by atoms with van der Waals surface area (Å²) in [7, 11) is 0. The average molecular weight is 771 g/mol. The Bertz CT molecular complexity index is 1110. The summed E-state index contributed by atoms with van der Waals surface area (Å²) in [6.45, 7) is 3.28. The Morgan fingerprint density at radius 3 is 1.67 bits per heavy atom. The van der Waals surface area contributed by atoms with Crippen molar-refractivity contribution in [3.8, 4) is 0 Å². The summed E-state index contributed by atoms with van der Waals surface area (Å²) >= 11 is 0. The maximum absolute atomic E-state index is 12.7. The Kier molecular flexibility index (Phi) is 37.7. The Hall–Kier alpha value is -3.46. The number of carboxylic acids is 1. The topological polar surface area (TPSA) is 142 Å². The van der Waals surface area contributed by atoms with Gasteiger partial charge in [-0.05, 0) is 83.1 Å². The lowest BCUT2D eigenvalue weighted by Gasteiger charge is -2.15. The van der Waals surface area contributed by atoms with Crippen molar-refractivity contribution in [3.05, 3.63) is 60.8 Å². The third-order valence-electron chi connectivity index (χ3n) is 9.23. The molecule has 0 fully saturated rings. The molecule has 0 aliphatic heterocycles. The molecular formula is C46H78N2O7. The second-order valence-electron chi connectivity index (χ2n) is 14.4. The van der Waals surface area contributed by atoms with E-state index >= 15 is 0 Å². The third kappa shape index (κ3) is 37.2. The molecule has 2 unspecified atom stereocenters. The molecule has 314 valence electrons. The van der Waals surface area contributed by atoms with Gasteiger partial charge in [0.05, 0.1) is 13.2 Å². The molecule has 55 heavy (non-hydrogen) atoms. The molecule has 2 atom stereocenters. The number of aliphatic hydroxyl groups is 1. The van der Waals surface area contributed by atoms with Gasteiger partial charge in [0.15, 0.2) is 0 Å². The van der Waals surface area contributed by atoms with Gasteiger partial charge in [0.25, 0.3) is 0 Å². The zero-order chi connectivity index (χ0) is 40.5. The number of carbonyl (C=O) groups is 4. The number of aliphatic carboxylic acids is 1. The van der Waals surface area contributed by atoms with Gasteiger partial charge in [0.2, 0.25) is 11.8 Å². The van der Waals surface area contributed by atoms with E-state index in [0.717, 1.165) is 77.0 Å². The number of esters is 1. The van der Waals surface area contributed by atoms with Crippen LogP contribution < -0.4 is 10.6 Å². The number of hydrogen-bond acceptors (Lipinski definition) is 6. The van der Waals surface area contributed by atoms with Crippen LogP contribution in [0.4, 0.5) is 0 Å². The highest BCUT2D eigenvalue weighted by atomic mass is 16.5. The zero-order valence-electron chi connectivity index (χ0n) is 34.7. The molecule has 0 aliphatic rings. The van der Waals surface area contributed by atoms with E-state index in [-0.39, 0.29) is 30.9 Å². The summed E-state index contributed by atoms with van der Waals surface area (Å²) in [6, 6.07) is -1.39. The van der Waals surface area contributed by atoms with Crippen molar-refractivity contribution >= 4 is 23.8 Å². The molecule has 0 spiro atoms. The number of ether oxygens (including phenoxy) is 1. The van der Waals surface area contributed by atoms with Crippen LogP contribution >= 0.6 is 0 Å². The van der Waals surface area contributed by atoms with Gasteiger partial charge in [0, 0.05) is 12.8 Å². The summed E-state index contributed by atoms with van der Waals surface area (Å²) in [5.41, 5.74) is 0. The SMILES string of the molecule is CC/C=C\C/C=C\C/C=C\C/C=C\CCCCCCCCCCCCC(=O)OC(/C=C\CCCCC)CCCCCCC(=O)NCC(=O)NC(CO)C(=O)O. The van der Waals surface area contributed by atoms with Crippen LogP contribution in [0, 0.1) is 0 Å². The van der Waals surface area contributed by atoms with Crippen molar-refractivity contribution in [1.29, 1.82) is 0 Å². The molecule has 9 heteroatoms. The number of hydrogen-bond donors (Lipinski definition) is 4. The number of amides is 2. The zero-order valence-corrected chi connectivity index (χ0v) is 34.7. The third-order valence-corrected chi connectivity index (χ3v) is 9.23. The molecule has 0 saturated heterocycles. The van der Waals surface area contributed by atoms with Gasteiger partial charge in [-0.25, -0.2) is 4.79 Å². The van der Waals surface area contributed by atoms with E-state index in [0.29, 0.717) is 12.8 Å². The highest BCUT2D eigenvalue weighted by molar-refractivity contribution is 5.87. The Labute approximate surface area is 334 Å². The minimum absolute atomic E-state index is 0.122. The first-order valence-corrected chi connectivity index (χ1v) is 21.7. The van der Waals surface area contributed by atoms with Gasteiger partial charge in [-0.1, -0.05) is 146 Å². The number of carbonyl (C=O) groups excluding carboxylic acids is 3. The van der Waals surface area contributed by atoms with Crippen molar-refractivity contribution in [2.75, 3.05) is 13.2 Å². The van der Waals surface area contributed by atoms with Crippen molar-refractivity contribution in [2.45, 2.75) is 193 Å². The summed E-state index contributed by atoms with van der Waals surface area (Å²) in [6.07, 6.45) is 48.6. The largest absolute Gasteiger partial charge is 0.480 e. The summed E-state index contributed by atoms with van der Waals surface area (Å²) in [5, 5.41) is 22.5. The molecule has 0 saturated carbocycles. The lowest BCUT2D eigenvalue weighted by molar-refractivity contribution is -0.147. The first-order chi connectivity index (χ1) is 26.8. The molecule has 0 heterocycles. The van der Waals surface area contributed by atoms with Crippen LogP contribution in [0.25, 0.3) is 0 Å². The maximum Gasteiger partial charge on any atom is 0.328 e. The fourth-order valence-corrected chi connectivity index (χ4v) is 5.91. The average Bonchev–Trinajstić information content (AvgIpc) is 3.17. The van der Waals surface area contributed by atoms with Crippen LogP contribution in [-0.4, -0.2) is 59.3 Å². The number of rotatable bonds is 38. The van der Waals surface area contributed by atoms with E-state index < -0.39 is 24.5 Å². The molecular weight excluding hydrogens is 693 g/mol. The van der Waals surface area contributed by atoms with Gasteiger partial charge < -0.3 is 25.6 Å². The van der Waals surface area contributed by atoms with E-state index in [1.165, 1.54) is 70.6 Å². The van der Waals surface area contributed by atoms with Gasteiger partial charge in [-0.3, -0.25) is 14.4 Å². The van der Waals surface area contributed by atoms with Crippen molar-refractivity contribution in [3.63, 3.8) is 0 Å². The van der Waals surface area contributed by atoms with Gasteiger partial charge in [-0.2, -0.15) is 0 Å². The maximum atomic E-state index is 12.7. The van der Waals surface area contributed by atoms with Crippen LogP contribution in [-0.2, 0) is 23.9 Å². The van der Waals surface area contributed by atoms with Crippen molar-refractivity contribution < 1.29 is 34.1 Å². The number of carboxylic acid groups (broad SMARTS) is 1. The van der Waals surface area contributed by atoms with E-state index in [1.54, 1.807) is 0 Å². The highest BCUT2D eigenvalue weighted by Gasteiger charge is 2.18. The van der Waals surface area contributed by atoms with Crippen LogP contribution in [0.5, 0.6) is 0 Å². The second-order valence-corrected chi connectivity index (χ2v) is 14.4. The minimum Gasteiger partial charge on any atom is -0.480 e. The highest BCUT2D eigenvalue weighted by Crippen LogP contribution is 2.15. The molecule has 4 N–H and O–H groups in total. The molecule has 0 bridgehead atoms. The Morgan fingerprint density at radius 1 is 0.582 bits per heavy atom. The summed E-state index contributed by atoms with van der Waals surface area (Å²) < 4.78 is 5.87. The normalized spacial score (nSPS) is 13.1. The predicted octanol–water partition coefficient (Wildman–Crippen LogP) is 10.5. The minimum atomic E-state index is -1.39. The fraction of sp³-hybridized carbons (Fsp3) is 0.696.